The van der Waals surface area contributed by atoms with Crippen LogP contribution in [0.3, 0.4) is 0 Å². The molecule has 0 bridgehead atoms. The Balaban J connectivity index is 2.12. The molecule has 25 heavy (non-hydrogen) atoms. The maximum absolute atomic E-state index is 12.0. The Morgan fingerprint density at radius 3 is 2.40 bits per heavy atom. The quantitative estimate of drug-likeness (QED) is 0.714. The van der Waals surface area contributed by atoms with Gasteiger partial charge in [0, 0.05) is 33.4 Å². The van der Waals surface area contributed by atoms with Crippen molar-refractivity contribution in [3.05, 3.63) is 11.8 Å². The normalized spacial score (nSPS) is 15.0. The molecule has 0 radical (unpaired) electrons. The summed E-state index contributed by atoms with van der Waals surface area (Å²) in [6.07, 6.45) is 2.92. The van der Waals surface area contributed by atoms with Crippen LogP contribution < -0.4 is 9.80 Å². The average molecular weight is 350 g/mol. The monoisotopic (exact) mass is 350 g/mol. The zero-order chi connectivity index (χ0) is 18.4. The lowest BCUT2D eigenvalue weighted by Gasteiger charge is -2.31. The Hall–Kier alpha value is -2.38. The molecule has 1 aliphatic rings. The van der Waals surface area contributed by atoms with E-state index >= 15 is 0 Å². The van der Waals surface area contributed by atoms with Crippen LogP contribution in [0.25, 0.3) is 0 Å². The van der Waals surface area contributed by atoms with Gasteiger partial charge in [-0.25, -0.2) is 9.78 Å². The highest BCUT2D eigenvalue weighted by Gasteiger charge is 2.28. The lowest BCUT2D eigenvalue weighted by molar-refractivity contribution is -0.148. The summed E-state index contributed by atoms with van der Waals surface area (Å²) in [5.74, 6) is 0.451. The number of ether oxygens (including phenoxy) is 2. The van der Waals surface area contributed by atoms with Gasteiger partial charge >= 0.3 is 11.9 Å². The number of anilines is 2. The van der Waals surface area contributed by atoms with Crippen LogP contribution in [0, 0.1) is 5.92 Å². The van der Waals surface area contributed by atoms with E-state index in [0.29, 0.717) is 56.5 Å². The van der Waals surface area contributed by atoms with Gasteiger partial charge in [-0.1, -0.05) is 0 Å². The van der Waals surface area contributed by atoms with E-state index in [0.717, 1.165) is 0 Å². The van der Waals surface area contributed by atoms with Crippen LogP contribution in [0.15, 0.2) is 6.20 Å². The fourth-order valence-corrected chi connectivity index (χ4v) is 2.79. The van der Waals surface area contributed by atoms with Crippen LogP contribution in [0.2, 0.25) is 0 Å². The van der Waals surface area contributed by atoms with Crippen LogP contribution in [0.1, 0.15) is 37.0 Å². The average Bonchev–Trinajstić information content (AvgIpc) is 2.61. The first-order valence-corrected chi connectivity index (χ1v) is 8.61. The fraction of sp³-hybridized carbons (Fsp3) is 0.647. The number of esters is 2. The van der Waals surface area contributed by atoms with E-state index in [1.54, 1.807) is 11.8 Å². The van der Waals surface area contributed by atoms with Gasteiger partial charge in [0.25, 0.3) is 0 Å². The van der Waals surface area contributed by atoms with Crippen molar-refractivity contribution < 1.29 is 19.1 Å². The third-order valence-corrected chi connectivity index (χ3v) is 4.07. The molecule has 1 aromatic rings. The standard InChI is InChI=1S/C17H26N4O4/c1-5-24-15(22)12-7-9-21(10-8-12)17-18-11-13(16(23)25-6-2)14(19-17)20(3)4/h11-12H,5-10H2,1-4H3. The van der Waals surface area contributed by atoms with E-state index in [1.165, 1.54) is 6.20 Å². The van der Waals surface area contributed by atoms with Crippen molar-refractivity contribution in [1.29, 1.82) is 0 Å². The van der Waals surface area contributed by atoms with Crippen LogP contribution in [0.5, 0.6) is 0 Å². The van der Waals surface area contributed by atoms with Crippen molar-refractivity contribution in [1.82, 2.24) is 9.97 Å². The largest absolute Gasteiger partial charge is 0.466 e. The summed E-state index contributed by atoms with van der Waals surface area (Å²) >= 11 is 0. The van der Waals surface area contributed by atoms with Gasteiger partial charge in [-0.2, -0.15) is 4.98 Å². The van der Waals surface area contributed by atoms with Gasteiger partial charge in [0.2, 0.25) is 5.95 Å². The minimum atomic E-state index is -0.432. The summed E-state index contributed by atoms with van der Waals surface area (Å²) in [7, 11) is 3.64. The number of piperidine rings is 1. The van der Waals surface area contributed by atoms with E-state index < -0.39 is 5.97 Å². The third-order valence-electron chi connectivity index (χ3n) is 4.07. The molecule has 1 fully saturated rings. The first-order chi connectivity index (χ1) is 12.0. The second-order valence-electron chi connectivity index (χ2n) is 6.04. The molecule has 0 amide bonds. The third kappa shape index (κ3) is 4.58. The van der Waals surface area contributed by atoms with Gasteiger partial charge in [-0.3, -0.25) is 4.79 Å². The first kappa shape index (κ1) is 19.0. The van der Waals surface area contributed by atoms with Crippen LogP contribution >= 0.6 is 0 Å². The minimum absolute atomic E-state index is 0.0664. The molecule has 2 heterocycles. The smallest absolute Gasteiger partial charge is 0.343 e. The Bertz CT molecular complexity index is 613. The topological polar surface area (TPSA) is 84.9 Å². The van der Waals surface area contributed by atoms with Crippen LogP contribution in [0.4, 0.5) is 11.8 Å². The van der Waals surface area contributed by atoms with E-state index in [1.807, 2.05) is 25.9 Å². The number of nitrogens with zero attached hydrogens (tertiary/aromatic N) is 4. The summed E-state index contributed by atoms with van der Waals surface area (Å²) in [5, 5.41) is 0. The highest BCUT2D eigenvalue weighted by atomic mass is 16.5. The molecule has 0 aromatic carbocycles. The minimum Gasteiger partial charge on any atom is -0.466 e. The van der Waals surface area contributed by atoms with E-state index in [4.69, 9.17) is 9.47 Å². The van der Waals surface area contributed by atoms with E-state index in [2.05, 4.69) is 9.97 Å². The number of hydrogen-bond donors (Lipinski definition) is 0. The summed E-state index contributed by atoms with van der Waals surface area (Å²) < 4.78 is 10.1. The van der Waals surface area contributed by atoms with Gasteiger partial charge in [-0.15, -0.1) is 0 Å². The number of carbonyl (C=O) groups is 2. The molecule has 0 saturated carbocycles. The number of hydrogen-bond acceptors (Lipinski definition) is 8. The lowest BCUT2D eigenvalue weighted by atomic mass is 9.97. The number of rotatable bonds is 6. The van der Waals surface area contributed by atoms with Crippen molar-refractivity contribution in [2.75, 3.05) is 50.2 Å². The highest BCUT2D eigenvalue weighted by molar-refractivity contribution is 5.94. The number of carbonyl (C=O) groups excluding carboxylic acids is 2. The first-order valence-electron chi connectivity index (χ1n) is 8.61. The second kappa shape index (κ2) is 8.64. The summed E-state index contributed by atoms with van der Waals surface area (Å²) in [6, 6.07) is 0. The van der Waals surface area contributed by atoms with Crippen LogP contribution in [-0.4, -0.2) is 62.3 Å². The molecule has 0 atom stereocenters. The van der Waals surface area contributed by atoms with Crippen molar-refractivity contribution in [3.8, 4) is 0 Å². The molecule has 0 unspecified atom stereocenters. The molecule has 1 aliphatic heterocycles. The SMILES string of the molecule is CCOC(=O)c1cnc(N2CCC(C(=O)OCC)CC2)nc1N(C)C. The number of aromatic nitrogens is 2. The summed E-state index contributed by atoms with van der Waals surface area (Å²) in [6.45, 7) is 5.63. The van der Waals surface area contributed by atoms with Gasteiger partial charge < -0.3 is 19.3 Å². The van der Waals surface area contributed by atoms with Gasteiger partial charge in [-0.05, 0) is 26.7 Å². The Morgan fingerprint density at radius 2 is 1.84 bits per heavy atom. The summed E-state index contributed by atoms with van der Waals surface area (Å²) in [5.41, 5.74) is 0.344. The Morgan fingerprint density at radius 1 is 1.20 bits per heavy atom. The molecule has 2 rings (SSSR count). The molecular weight excluding hydrogens is 324 g/mol. The molecule has 8 heteroatoms. The van der Waals surface area contributed by atoms with E-state index in [9.17, 15) is 9.59 Å². The molecular formula is C17H26N4O4. The van der Waals surface area contributed by atoms with E-state index in [-0.39, 0.29) is 11.9 Å². The van der Waals surface area contributed by atoms with Gasteiger partial charge in [0.05, 0.1) is 19.1 Å². The van der Waals surface area contributed by atoms with Crippen molar-refractivity contribution in [2.45, 2.75) is 26.7 Å². The molecule has 0 N–H and O–H groups in total. The Kier molecular flexibility index (Phi) is 6.55. The fourth-order valence-electron chi connectivity index (χ4n) is 2.79. The van der Waals surface area contributed by atoms with Crippen molar-refractivity contribution >= 4 is 23.7 Å². The predicted octanol–water partition coefficient (Wildman–Crippen LogP) is 1.50. The molecule has 138 valence electrons. The van der Waals surface area contributed by atoms with Gasteiger partial charge in [0.1, 0.15) is 11.4 Å². The van der Waals surface area contributed by atoms with Crippen molar-refractivity contribution in [3.63, 3.8) is 0 Å². The van der Waals surface area contributed by atoms with Crippen LogP contribution in [-0.2, 0) is 14.3 Å². The zero-order valence-corrected chi connectivity index (χ0v) is 15.3. The second-order valence-corrected chi connectivity index (χ2v) is 6.04. The molecule has 8 nitrogen and oxygen atoms in total. The highest BCUT2D eigenvalue weighted by Crippen LogP contribution is 2.24. The molecule has 0 aliphatic carbocycles. The summed E-state index contributed by atoms with van der Waals surface area (Å²) in [4.78, 5) is 36.5. The molecule has 1 aromatic heterocycles. The van der Waals surface area contributed by atoms with Crippen molar-refractivity contribution in [2.24, 2.45) is 5.92 Å². The molecule has 0 spiro atoms. The van der Waals surface area contributed by atoms with Gasteiger partial charge in [0.15, 0.2) is 0 Å². The lowest BCUT2D eigenvalue weighted by Crippen LogP contribution is -2.38. The predicted molar refractivity (Wildman–Crippen MR) is 93.9 cm³/mol. The zero-order valence-electron chi connectivity index (χ0n) is 15.3. The maximum atomic E-state index is 12.0. The molecule has 1 saturated heterocycles. The Labute approximate surface area is 148 Å². The maximum Gasteiger partial charge on any atom is 0.343 e.